The molecule has 2 atom stereocenters. The molecule has 0 aromatic heterocycles. The van der Waals surface area contributed by atoms with Gasteiger partial charge < -0.3 is 10.1 Å². The number of hydrogen-bond acceptors (Lipinski definition) is 3. The number of nitrogens with one attached hydrogen (secondary N) is 1. The molecular weight excluding hydrogens is 236 g/mol. The monoisotopic (exact) mass is 262 g/mol. The predicted octanol–water partition coefficient (Wildman–Crippen LogP) is 2.51. The molecule has 19 heavy (non-hydrogen) atoms. The van der Waals surface area contributed by atoms with Gasteiger partial charge in [-0.1, -0.05) is 26.0 Å². The van der Waals surface area contributed by atoms with E-state index in [-0.39, 0.29) is 0 Å². The van der Waals surface area contributed by atoms with Crippen molar-refractivity contribution >= 4 is 0 Å². The second-order valence-corrected chi connectivity index (χ2v) is 5.90. The van der Waals surface area contributed by atoms with E-state index in [9.17, 15) is 0 Å². The molecule has 3 heteroatoms. The summed E-state index contributed by atoms with van der Waals surface area (Å²) >= 11 is 0. The van der Waals surface area contributed by atoms with E-state index in [1.165, 1.54) is 5.56 Å². The molecule has 1 saturated heterocycles. The Hall–Kier alpha value is -1.06. The van der Waals surface area contributed by atoms with Gasteiger partial charge in [0.25, 0.3) is 0 Å². The third-order valence-electron chi connectivity index (χ3n) is 3.97. The summed E-state index contributed by atoms with van der Waals surface area (Å²) in [5.74, 6) is 1.61. The van der Waals surface area contributed by atoms with Gasteiger partial charge in [0, 0.05) is 31.7 Å². The van der Waals surface area contributed by atoms with Crippen LogP contribution in [0.3, 0.4) is 0 Å². The van der Waals surface area contributed by atoms with Gasteiger partial charge in [0.15, 0.2) is 0 Å². The van der Waals surface area contributed by atoms with Crippen LogP contribution in [0.15, 0.2) is 24.3 Å². The van der Waals surface area contributed by atoms with Crippen molar-refractivity contribution in [1.82, 2.24) is 10.2 Å². The van der Waals surface area contributed by atoms with Crippen LogP contribution < -0.4 is 10.1 Å². The maximum absolute atomic E-state index is 5.21. The minimum absolute atomic E-state index is 0.577. The Bertz CT molecular complexity index is 388. The van der Waals surface area contributed by atoms with Crippen LogP contribution in [0, 0.1) is 5.92 Å². The standard InChI is InChI=1S/C16H26N2O/c1-12(2)16-9-17-13(3)10-18(16)11-14-5-7-15(19-4)8-6-14/h5-8,12-13,16-17H,9-11H2,1-4H3. The predicted molar refractivity (Wildman–Crippen MR) is 79.5 cm³/mol. The summed E-state index contributed by atoms with van der Waals surface area (Å²) in [4.78, 5) is 2.60. The number of methoxy groups -OCH3 is 1. The van der Waals surface area contributed by atoms with E-state index >= 15 is 0 Å². The maximum atomic E-state index is 5.21. The average molecular weight is 262 g/mol. The van der Waals surface area contributed by atoms with E-state index in [2.05, 4.69) is 43.1 Å². The van der Waals surface area contributed by atoms with Gasteiger partial charge in [-0.3, -0.25) is 4.90 Å². The fourth-order valence-electron chi connectivity index (χ4n) is 2.81. The fraction of sp³-hybridized carbons (Fsp3) is 0.625. The van der Waals surface area contributed by atoms with Gasteiger partial charge in [0.1, 0.15) is 5.75 Å². The lowest BCUT2D eigenvalue weighted by atomic mass is 9.98. The minimum Gasteiger partial charge on any atom is -0.497 e. The highest BCUT2D eigenvalue weighted by atomic mass is 16.5. The summed E-state index contributed by atoms with van der Waals surface area (Å²) in [5.41, 5.74) is 1.36. The molecule has 0 spiro atoms. The highest BCUT2D eigenvalue weighted by Crippen LogP contribution is 2.19. The Morgan fingerprint density at radius 3 is 2.58 bits per heavy atom. The lowest BCUT2D eigenvalue weighted by Gasteiger charge is -2.41. The normalized spacial score (nSPS) is 24.7. The van der Waals surface area contributed by atoms with Crippen LogP contribution in [0.4, 0.5) is 0 Å². The highest BCUT2D eigenvalue weighted by Gasteiger charge is 2.27. The Morgan fingerprint density at radius 2 is 2.00 bits per heavy atom. The zero-order valence-electron chi connectivity index (χ0n) is 12.5. The van der Waals surface area contributed by atoms with Crippen molar-refractivity contribution in [3.05, 3.63) is 29.8 Å². The van der Waals surface area contributed by atoms with Gasteiger partial charge in [0.05, 0.1) is 7.11 Å². The quantitative estimate of drug-likeness (QED) is 0.902. The molecule has 1 heterocycles. The van der Waals surface area contributed by atoms with E-state index in [1.54, 1.807) is 7.11 Å². The summed E-state index contributed by atoms with van der Waals surface area (Å²) in [5, 5.41) is 3.59. The molecule has 3 nitrogen and oxygen atoms in total. The van der Waals surface area contributed by atoms with Crippen LogP contribution in [0.25, 0.3) is 0 Å². The Labute approximate surface area is 116 Å². The molecule has 106 valence electrons. The van der Waals surface area contributed by atoms with Crippen LogP contribution in [0.2, 0.25) is 0 Å². The topological polar surface area (TPSA) is 24.5 Å². The summed E-state index contributed by atoms with van der Waals surface area (Å²) < 4.78 is 5.21. The molecule has 1 fully saturated rings. The molecule has 0 aliphatic carbocycles. The largest absolute Gasteiger partial charge is 0.497 e. The van der Waals surface area contributed by atoms with Crippen LogP contribution in [0.1, 0.15) is 26.3 Å². The average Bonchev–Trinajstić information content (AvgIpc) is 2.39. The number of benzene rings is 1. The second-order valence-electron chi connectivity index (χ2n) is 5.90. The van der Waals surface area contributed by atoms with E-state index in [4.69, 9.17) is 4.74 Å². The van der Waals surface area contributed by atoms with E-state index < -0.39 is 0 Å². The first-order valence-electron chi connectivity index (χ1n) is 7.20. The molecule has 2 unspecified atom stereocenters. The number of piperazine rings is 1. The maximum Gasteiger partial charge on any atom is 0.118 e. The fourth-order valence-corrected chi connectivity index (χ4v) is 2.81. The van der Waals surface area contributed by atoms with Crippen molar-refractivity contribution in [3.63, 3.8) is 0 Å². The van der Waals surface area contributed by atoms with Crippen LogP contribution >= 0.6 is 0 Å². The zero-order valence-corrected chi connectivity index (χ0v) is 12.5. The molecule has 2 rings (SSSR count). The second kappa shape index (κ2) is 6.40. The smallest absolute Gasteiger partial charge is 0.118 e. The summed E-state index contributed by atoms with van der Waals surface area (Å²) in [6.07, 6.45) is 0. The van der Waals surface area contributed by atoms with Crippen LogP contribution in [-0.4, -0.2) is 37.2 Å². The summed E-state index contributed by atoms with van der Waals surface area (Å²) in [7, 11) is 1.71. The van der Waals surface area contributed by atoms with Gasteiger partial charge in [0.2, 0.25) is 0 Å². The molecule has 1 aliphatic rings. The van der Waals surface area contributed by atoms with Crippen molar-refractivity contribution in [2.45, 2.75) is 39.4 Å². The third kappa shape index (κ3) is 3.71. The molecule has 1 aromatic rings. The minimum atomic E-state index is 0.577. The molecule has 1 aromatic carbocycles. The summed E-state index contributed by atoms with van der Waals surface area (Å²) in [6, 6.07) is 9.63. The van der Waals surface area contributed by atoms with Crippen molar-refractivity contribution < 1.29 is 4.74 Å². The molecule has 0 radical (unpaired) electrons. The summed E-state index contributed by atoms with van der Waals surface area (Å²) in [6.45, 7) is 10.1. The van der Waals surface area contributed by atoms with Crippen LogP contribution in [-0.2, 0) is 6.54 Å². The Balaban J connectivity index is 2.05. The van der Waals surface area contributed by atoms with Gasteiger partial charge in [-0.25, -0.2) is 0 Å². The number of hydrogen-bond donors (Lipinski definition) is 1. The molecule has 0 bridgehead atoms. The van der Waals surface area contributed by atoms with Gasteiger partial charge in [-0.2, -0.15) is 0 Å². The first kappa shape index (κ1) is 14.4. The Kier molecular flexibility index (Phi) is 4.83. The van der Waals surface area contributed by atoms with Crippen molar-refractivity contribution in [2.75, 3.05) is 20.2 Å². The zero-order chi connectivity index (χ0) is 13.8. The molecular formula is C16H26N2O. The molecule has 1 aliphatic heterocycles. The third-order valence-corrected chi connectivity index (χ3v) is 3.97. The first-order valence-corrected chi connectivity index (χ1v) is 7.20. The van der Waals surface area contributed by atoms with E-state index in [0.717, 1.165) is 25.4 Å². The molecule has 0 saturated carbocycles. The highest BCUT2D eigenvalue weighted by molar-refractivity contribution is 5.27. The lowest BCUT2D eigenvalue weighted by molar-refractivity contribution is 0.0956. The number of nitrogens with zero attached hydrogens (tertiary/aromatic N) is 1. The van der Waals surface area contributed by atoms with Crippen molar-refractivity contribution in [3.8, 4) is 5.75 Å². The van der Waals surface area contributed by atoms with Gasteiger partial charge in [-0.15, -0.1) is 0 Å². The number of ether oxygens (including phenoxy) is 1. The molecule has 0 amide bonds. The van der Waals surface area contributed by atoms with E-state index in [1.807, 2.05) is 12.1 Å². The van der Waals surface area contributed by atoms with Crippen molar-refractivity contribution in [1.29, 1.82) is 0 Å². The number of rotatable bonds is 4. The van der Waals surface area contributed by atoms with E-state index in [0.29, 0.717) is 18.0 Å². The van der Waals surface area contributed by atoms with Gasteiger partial charge in [-0.05, 0) is 30.5 Å². The lowest BCUT2D eigenvalue weighted by Crippen LogP contribution is -2.56. The van der Waals surface area contributed by atoms with Crippen LogP contribution in [0.5, 0.6) is 5.75 Å². The molecule has 1 N–H and O–H groups in total. The SMILES string of the molecule is COc1ccc(CN2CC(C)NCC2C(C)C)cc1. The first-order chi connectivity index (χ1) is 9.10. The van der Waals surface area contributed by atoms with Crippen molar-refractivity contribution in [2.24, 2.45) is 5.92 Å². The Morgan fingerprint density at radius 1 is 1.32 bits per heavy atom. The van der Waals surface area contributed by atoms with Gasteiger partial charge >= 0.3 is 0 Å².